The zero-order valence-corrected chi connectivity index (χ0v) is 9.28. The van der Waals surface area contributed by atoms with E-state index in [1.54, 1.807) is 13.3 Å². The lowest BCUT2D eigenvalue weighted by molar-refractivity contribution is 0.908. The number of hydrogen-bond acceptors (Lipinski definition) is 5. The lowest BCUT2D eigenvalue weighted by Crippen LogP contribution is -2.07. The molecule has 0 saturated carbocycles. The molecule has 1 aromatic heterocycles. The molecule has 13 heavy (non-hydrogen) atoms. The van der Waals surface area contributed by atoms with Gasteiger partial charge in [-0.05, 0) is 0 Å². The van der Waals surface area contributed by atoms with Gasteiger partial charge in [0.05, 0.1) is 11.1 Å². The summed E-state index contributed by atoms with van der Waals surface area (Å²) < 4.78 is 0. The summed E-state index contributed by atoms with van der Waals surface area (Å²) in [5.41, 5.74) is 2.66. The Hall–Kier alpha value is -0.810. The molecule has 1 rings (SSSR count). The smallest absolute Gasteiger partial charge is 0.186 e. The second-order valence-electron chi connectivity index (χ2n) is 2.53. The first kappa shape index (κ1) is 10.3. The zero-order valence-electron chi connectivity index (χ0n) is 7.71. The van der Waals surface area contributed by atoms with E-state index in [9.17, 15) is 0 Å². The van der Waals surface area contributed by atoms with Crippen LogP contribution in [0.4, 0.5) is 5.13 Å². The van der Waals surface area contributed by atoms with Gasteiger partial charge in [0.2, 0.25) is 0 Å². The van der Waals surface area contributed by atoms with Crippen molar-refractivity contribution in [2.45, 2.75) is 0 Å². The molecule has 0 aliphatic rings. The van der Waals surface area contributed by atoms with Gasteiger partial charge in [0.25, 0.3) is 0 Å². The topological polar surface area (TPSA) is 40.5 Å². The van der Waals surface area contributed by atoms with Crippen molar-refractivity contribution in [3.63, 3.8) is 0 Å². The van der Waals surface area contributed by atoms with Crippen LogP contribution in [0, 0.1) is 0 Å². The van der Waals surface area contributed by atoms with Gasteiger partial charge in [-0.15, -0.1) is 0 Å². The predicted octanol–water partition coefficient (Wildman–Crippen LogP) is 1.42. The molecule has 0 aromatic carbocycles. The predicted molar refractivity (Wildman–Crippen MR) is 58.1 cm³/mol. The van der Waals surface area contributed by atoms with Crippen molar-refractivity contribution >= 4 is 34.3 Å². The van der Waals surface area contributed by atoms with Gasteiger partial charge in [-0.25, -0.2) is 4.98 Å². The van der Waals surface area contributed by atoms with Gasteiger partial charge in [-0.1, -0.05) is 22.9 Å². The van der Waals surface area contributed by atoms with E-state index in [4.69, 9.17) is 11.6 Å². The highest BCUT2D eigenvalue weighted by Gasteiger charge is 2.08. The van der Waals surface area contributed by atoms with Crippen LogP contribution in [0.3, 0.4) is 0 Å². The standard InChI is InChI=1S/C7H11ClN4S/c1-9-10-4-5-6(8)11-7(13-5)12(2)3/h4,9H,1-3H3/b10-4+. The second kappa shape index (κ2) is 4.43. The Morgan fingerprint density at radius 1 is 1.62 bits per heavy atom. The van der Waals surface area contributed by atoms with Crippen LogP contribution in [0.5, 0.6) is 0 Å². The Morgan fingerprint density at radius 2 is 2.31 bits per heavy atom. The van der Waals surface area contributed by atoms with Gasteiger partial charge in [-0.2, -0.15) is 5.10 Å². The number of hydrazone groups is 1. The molecule has 72 valence electrons. The highest BCUT2D eigenvalue weighted by Crippen LogP contribution is 2.26. The molecule has 0 radical (unpaired) electrons. The normalized spacial score (nSPS) is 10.8. The largest absolute Gasteiger partial charge is 0.354 e. The van der Waals surface area contributed by atoms with Crippen LogP contribution in [-0.2, 0) is 0 Å². The first-order valence-corrected chi connectivity index (χ1v) is 4.88. The molecular formula is C7H11ClN4S. The van der Waals surface area contributed by atoms with E-state index in [0.717, 1.165) is 10.0 Å². The molecule has 6 heteroatoms. The number of thiazole rings is 1. The zero-order chi connectivity index (χ0) is 9.84. The Morgan fingerprint density at radius 3 is 2.77 bits per heavy atom. The highest BCUT2D eigenvalue weighted by atomic mass is 35.5. The highest BCUT2D eigenvalue weighted by molar-refractivity contribution is 7.17. The molecule has 0 saturated heterocycles. The summed E-state index contributed by atoms with van der Waals surface area (Å²) >= 11 is 7.38. The van der Waals surface area contributed by atoms with E-state index in [1.165, 1.54) is 11.3 Å². The second-order valence-corrected chi connectivity index (χ2v) is 3.89. The van der Waals surface area contributed by atoms with Gasteiger partial charge < -0.3 is 10.3 Å². The molecule has 1 aromatic rings. The van der Waals surface area contributed by atoms with Crippen molar-refractivity contribution in [3.05, 3.63) is 10.0 Å². The Labute approximate surface area is 86.2 Å². The maximum absolute atomic E-state index is 5.88. The van der Waals surface area contributed by atoms with Crippen molar-refractivity contribution < 1.29 is 0 Å². The van der Waals surface area contributed by atoms with E-state index in [-0.39, 0.29) is 0 Å². The average Bonchev–Trinajstić information content (AvgIpc) is 2.44. The summed E-state index contributed by atoms with van der Waals surface area (Å²) in [6.07, 6.45) is 1.66. The Bertz CT molecular complexity index is 307. The number of halogens is 1. The fraction of sp³-hybridized carbons (Fsp3) is 0.429. The lowest BCUT2D eigenvalue weighted by atomic mass is 10.6. The molecule has 0 amide bonds. The SMILES string of the molecule is CN/N=C/c1sc(N(C)C)nc1Cl. The molecule has 0 atom stereocenters. The van der Waals surface area contributed by atoms with Crippen molar-refractivity contribution in [1.82, 2.24) is 10.4 Å². The van der Waals surface area contributed by atoms with Gasteiger partial charge in [0, 0.05) is 21.1 Å². The van der Waals surface area contributed by atoms with E-state index in [0.29, 0.717) is 5.15 Å². The van der Waals surface area contributed by atoms with Crippen molar-refractivity contribution in [3.8, 4) is 0 Å². The summed E-state index contributed by atoms with van der Waals surface area (Å²) in [4.78, 5) is 6.92. The summed E-state index contributed by atoms with van der Waals surface area (Å²) in [5, 5.41) is 5.24. The first-order valence-electron chi connectivity index (χ1n) is 3.68. The number of aromatic nitrogens is 1. The molecular weight excluding hydrogens is 208 g/mol. The summed E-state index contributed by atoms with van der Waals surface area (Å²) in [6.45, 7) is 0. The third kappa shape index (κ3) is 2.57. The summed E-state index contributed by atoms with van der Waals surface area (Å²) in [7, 11) is 5.58. The average molecular weight is 219 g/mol. The first-order chi connectivity index (χ1) is 6.15. The van der Waals surface area contributed by atoms with Crippen LogP contribution in [0.1, 0.15) is 4.88 Å². The van der Waals surface area contributed by atoms with Gasteiger partial charge in [0.15, 0.2) is 10.3 Å². The molecule has 0 aliphatic heterocycles. The van der Waals surface area contributed by atoms with Crippen LogP contribution >= 0.6 is 22.9 Å². The van der Waals surface area contributed by atoms with E-state index < -0.39 is 0 Å². The minimum atomic E-state index is 0.493. The van der Waals surface area contributed by atoms with E-state index >= 15 is 0 Å². The number of hydrogen-bond donors (Lipinski definition) is 1. The number of anilines is 1. The van der Waals surface area contributed by atoms with Crippen LogP contribution in [0.2, 0.25) is 5.15 Å². The molecule has 0 unspecified atom stereocenters. The Kier molecular flexibility index (Phi) is 3.50. The maximum Gasteiger partial charge on any atom is 0.186 e. The molecule has 4 nitrogen and oxygen atoms in total. The third-order valence-corrected chi connectivity index (χ3v) is 2.85. The molecule has 0 bridgehead atoms. The molecule has 0 spiro atoms. The van der Waals surface area contributed by atoms with Crippen molar-refractivity contribution in [1.29, 1.82) is 0 Å². The minimum absolute atomic E-state index is 0.493. The van der Waals surface area contributed by atoms with Crippen LogP contribution in [0.15, 0.2) is 5.10 Å². The number of rotatable bonds is 3. The minimum Gasteiger partial charge on any atom is -0.354 e. The quantitative estimate of drug-likeness (QED) is 0.616. The van der Waals surface area contributed by atoms with Gasteiger partial charge in [-0.3, -0.25) is 0 Å². The van der Waals surface area contributed by atoms with Crippen molar-refractivity contribution in [2.75, 3.05) is 26.0 Å². The Balaban J connectivity index is 2.90. The maximum atomic E-state index is 5.88. The van der Waals surface area contributed by atoms with Crippen molar-refractivity contribution in [2.24, 2.45) is 5.10 Å². The fourth-order valence-corrected chi connectivity index (χ4v) is 1.74. The molecule has 0 fully saturated rings. The van der Waals surface area contributed by atoms with Crippen LogP contribution in [-0.4, -0.2) is 32.3 Å². The van der Waals surface area contributed by atoms with E-state index in [1.807, 2.05) is 19.0 Å². The molecule has 1 heterocycles. The monoisotopic (exact) mass is 218 g/mol. The summed E-state index contributed by atoms with van der Waals surface area (Å²) in [6, 6.07) is 0. The third-order valence-electron chi connectivity index (χ3n) is 1.29. The molecule has 1 N–H and O–H groups in total. The summed E-state index contributed by atoms with van der Waals surface area (Å²) in [5.74, 6) is 0. The number of nitrogens with zero attached hydrogens (tertiary/aromatic N) is 3. The van der Waals surface area contributed by atoms with Gasteiger partial charge >= 0.3 is 0 Å². The van der Waals surface area contributed by atoms with E-state index in [2.05, 4.69) is 15.5 Å². The lowest BCUT2D eigenvalue weighted by Gasteiger charge is -2.04. The van der Waals surface area contributed by atoms with Crippen LogP contribution in [0.25, 0.3) is 0 Å². The van der Waals surface area contributed by atoms with Crippen LogP contribution < -0.4 is 10.3 Å². The number of nitrogens with one attached hydrogen (secondary N) is 1. The molecule has 0 aliphatic carbocycles. The fourth-order valence-electron chi connectivity index (χ4n) is 0.696. The van der Waals surface area contributed by atoms with Gasteiger partial charge in [0.1, 0.15) is 0 Å².